The molecule has 0 heterocycles. The van der Waals surface area contributed by atoms with Crippen LogP contribution in [-0.2, 0) is 6.61 Å². The number of hydrogen-bond acceptors (Lipinski definition) is 6. The van der Waals surface area contributed by atoms with Crippen LogP contribution in [0.4, 0.5) is 4.39 Å². The predicted molar refractivity (Wildman–Crippen MR) is 128 cm³/mol. The van der Waals surface area contributed by atoms with E-state index >= 15 is 0 Å². The number of benzene rings is 3. The predicted octanol–water partition coefficient (Wildman–Crippen LogP) is 4.97. The molecule has 0 saturated carbocycles. The van der Waals surface area contributed by atoms with Crippen LogP contribution in [0.25, 0.3) is 0 Å². The number of hydrazone groups is 1. The van der Waals surface area contributed by atoms with Crippen LogP contribution in [0.15, 0.2) is 65.8 Å². The van der Waals surface area contributed by atoms with Crippen LogP contribution in [0.1, 0.15) is 35.3 Å². The normalized spacial score (nSPS) is 10.7. The zero-order valence-electron chi connectivity index (χ0n) is 19.3. The fraction of sp³-hybridized carbons (Fsp3) is 0.231. The van der Waals surface area contributed by atoms with Gasteiger partial charge in [0.05, 0.1) is 26.5 Å². The average Bonchev–Trinajstić information content (AvgIpc) is 2.85. The van der Waals surface area contributed by atoms with E-state index in [4.69, 9.17) is 18.9 Å². The van der Waals surface area contributed by atoms with E-state index in [0.717, 1.165) is 5.56 Å². The van der Waals surface area contributed by atoms with E-state index in [9.17, 15) is 9.18 Å². The molecule has 8 heteroatoms. The van der Waals surface area contributed by atoms with E-state index in [2.05, 4.69) is 10.5 Å². The summed E-state index contributed by atoms with van der Waals surface area (Å²) in [4.78, 5) is 12.4. The zero-order valence-corrected chi connectivity index (χ0v) is 19.3. The monoisotopic (exact) mass is 466 g/mol. The Morgan fingerprint density at radius 3 is 2.26 bits per heavy atom. The summed E-state index contributed by atoms with van der Waals surface area (Å²) in [6, 6.07) is 16.3. The first kappa shape index (κ1) is 24.6. The largest absolute Gasteiger partial charge is 0.493 e. The molecule has 0 bridgehead atoms. The molecule has 0 atom stereocenters. The molecule has 0 spiro atoms. The first-order valence-electron chi connectivity index (χ1n) is 10.8. The van der Waals surface area contributed by atoms with Gasteiger partial charge in [0.15, 0.2) is 23.0 Å². The highest BCUT2D eigenvalue weighted by molar-refractivity contribution is 5.95. The van der Waals surface area contributed by atoms with Crippen molar-refractivity contribution in [3.8, 4) is 23.0 Å². The standard InChI is InChI=1S/C26H27FN2O5/c1-4-32-22-13-9-20(15-24(22)31-3)26(30)29-28-16-19-8-12-23(25(14-19)33-5-2)34-17-18-6-10-21(27)11-7-18/h6-16H,4-5,17H2,1-3H3,(H,29,30)/b28-16+. The van der Waals surface area contributed by atoms with Crippen LogP contribution >= 0.6 is 0 Å². The van der Waals surface area contributed by atoms with Gasteiger partial charge in [-0.1, -0.05) is 12.1 Å². The van der Waals surface area contributed by atoms with Crippen molar-refractivity contribution in [2.75, 3.05) is 20.3 Å². The van der Waals surface area contributed by atoms with Crippen LogP contribution in [-0.4, -0.2) is 32.4 Å². The Kier molecular flexibility index (Phi) is 8.85. The Bertz CT molecular complexity index is 1130. The quantitative estimate of drug-likeness (QED) is 0.319. The van der Waals surface area contributed by atoms with E-state index in [1.165, 1.54) is 25.5 Å². The first-order chi connectivity index (χ1) is 16.5. The number of halogens is 1. The molecule has 3 aromatic carbocycles. The van der Waals surface area contributed by atoms with Crippen LogP contribution in [0, 0.1) is 5.82 Å². The molecule has 3 rings (SSSR count). The van der Waals surface area contributed by atoms with Gasteiger partial charge in [-0.15, -0.1) is 0 Å². The summed E-state index contributed by atoms with van der Waals surface area (Å²) in [7, 11) is 1.51. The number of carbonyl (C=O) groups excluding carboxylic acids is 1. The molecule has 7 nitrogen and oxygen atoms in total. The lowest BCUT2D eigenvalue weighted by Crippen LogP contribution is -2.17. The van der Waals surface area contributed by atoms with E-state index < -0.39 is 0 Å². The summed E-state index contributed by atoms with van der Waals surface area (Å²) in [6.45, 7) is 4.96. The molecule has 0 aliphatic carbocycles. The third-order valence-corrected chi connectivity index (χ3v) is 4.68. The molecule has 178 valence electrons. The van der Waals surface area contributed by atoms with Crippen molar-refractivity contribution in [1.82, 2.24) is 5.43 Å². The summed E-state index contributed by atoms with van der Waals surface area (Å²) in [5.41, 5.74) is 4.43. The van der Waals surface area contributed by atoms with Gasteiger partial charge in [0.2, 0.25) is 0 Å². The van der Waals surface area contributed by atoms with Gasteiger partial charge in [-0.05, 0) is 73.5 Å². The Labute approximate surface area is 198 Å². The fourth-order valence-electron chi connectivity index (χ4n) is 3.05. The summed E-state index contributed by atoms with van der Waals surface area (Å²) < 4.78 is 35.3. The maximum absolute atomic E-state index is 13.1. The molecule has 0 aliphatic rings. The number of amides is 1. The van der Waals surface area contributed by atoms with E-state index in [1.54, 1.807) is 48.5 Å². The van der Waals surface area contributed by atoms with Gasteiger partial charge in [0.1, 0.15) is 12.4 Å². The number of carbonyl (C=O) groups is 1. The topological polar surface area (TPSA) is 78.4 Å². The Morgan fingerprint density at radius 1 is 0.882 bits per heavy atom. The number of nitrogens with one attached hydrogen (secondary N) is 1. The lowest BCUT2D eigenvalue weighted by atomic mass is 10.2. The molecule has 0 fully saturated rings. The summed E-state index contributed by atoms with van der Waals surface area (Å²) in [5.74, 6) is 1.44. The van der Waals surface area contributed by atoms with Crippen molar-refractivity contribution >= 4 is 12.1 Å². The molecular formula is C26H27FN2O5. The van der Waals surface area contributed by atoms with Crippen LogP contribution in [0.3, 0.4) is 0 Å². The fourth-order valence-corrected chi connectivity index (χ4v) is 3.05. The van der Waals surface area contributed by atoms with Gasteiger partial charge in [-0.25, -0.2) is 9.82 Å². The minimum atomic E-state index is -0.387. The number of methoxy groups -OCH3 is 1. The van der Waals surface area contributed by atoms with Crippen molar-refractivity contribution in [3.05, 3.63) is 83.2 Å². The number of rotatable bonds is 11. The summed E-state index contributed by atoms with van der Waals surface area (Å²) in [6.07, 6.45) is 1.51. The lowest BCUT2D eigenvalue weighted by molar-refractivity contribution is 0.0954. The minimum Gasteiger partial charge on any atom is -0.493 e. The van der Waals surface area contributed by atoms with Gasteiger partial charge < -0.3 is 18.9 Å². The molecule has 0 aliphatic heterocycles. The van der Waals surface area contributed by atoms with Gasteiger partial charge in [-0.2, -0.15) is 5.10 Å². The number of nitrogens with zero attached hydrogens (tertiary/aromatic N) is 1. The maximum atomic E-state index is 13.1. The van der Waals surface area contributed by atoms with Crippen molar-refractivity contribution in [1.29, 1.82) is 0 Å². The van der Waals surface area contributed by atoms with Crippen molar-refractivity contribution < 1.29 is 28.1 Å². The molecule has 0 aromatic heterocycles. The number of hydrogen-bond donors (Lipinski definition) is 1. The minimum absolute atomic E-state index is 0.273. The molecule has 1 amide bonds. The molecule has 34 heavy (non-hydrogen) atoms. The first-order valence-corrected chi connectivity index (χ1v) is 10.8. The van der Waals surface area contributed by atoms with Crippen LogP contribution in [0.2, 0.25) is 0 Å². The molecule has 3 aromatic rings. The third-order valence-electron chi connectivity index (χ3n) is 4.68. The number of ether oxygens (including phenoxy) is 4. The Hall–Kier alpha value is -4.07. The lowest BCUT2D eigenvalue weighted by Gasteiger charge is -2.12. The Balaban J connectivity index is 1.65. The highest BCUT2D eigenvalue weighted by Crippen LogP contribution is 2.29. The van der Waals surface area contributed by atoms with Gasteiger partial charge in [0.25, 0.3) is 5.91 Å². The van der Waals surface area contributed by atoms with Gasteiger partial charge >= 0.3 is 0 Å². The second kappa shape index (κ2) is 12.2. The average molecular weight is 467 g/mol. The van der Waals surface area contributed by atoms with E-state index in [1.807, 2.05) is 13.8 Å². The van der Waals surface area contributed by atoms with E-state index in [-0.39, 0.29) is 18.3 Å². The van der Waals surface area contributed by atoms with Gasteiger partial charge in [0, 0.05) is 5.56 Å². The molecule has 0 unspecified atom stereocenters. The summed E-state index contributed by atoms with van der Waals surface area (Å²) >= 11 is 0. The molecule has 0 radical (unpaired) electrons. The van der Waals surface area contributed by atoms with Crippen molar-refractivity contribution in [2.24, 2.45) is 5.10 Å². The molecule has 0 saturated heterocycles. The highest BCUT2D eigenvalue weighted by Gasteiger charge is 2.11. The maximum Gasteiger partial charge on any atom is 0.271 e. The second-order valence-corrected chi connectivity index (χ2v) is 7.05. The third kappa shape index (κ3) is 6.71. The van der Waals surface area contributed by atoms with E-state index in [0.29, 0.717) is 47.3 Å². The SMILES string of the molecule is CCOc1ccc(C(=O)N/N=C/c2ccc(OCc3ccc(F)cc3)c(OCC)c2)cc1OC. The highest BCUT2D eigenvalue weighted by atomic mass is 19.1. The van der Waals surface area contributed by atoms with Crippen molar-refractivity contribution in [2.45, 2.75) is 20.5 Å². The second-order valence-electron chi connectivity index (χ2n) is 7.05. The van der Waals surface area contributed by atoms with Crippen molar-refractivity contribution in [3.63, 3.8) is 0 Å². The smallest absolute Gasteiger partial charge is 0.271 e. The van der Waals surface area contributed by atoms with Crippen LogP contribution in [0.5, 0.6) is 23.0 Å². The Morgan fingerprint density at radius 2 is 1.56 bits per heavy atom. The molecular weight excluding hydrogens is 439 g/mol. The molecule has 1 N–H and O–H groups in total. The van der Waals surface area contributed by atoms with Crippen LogP contribution < -0.4 is 24.4 Å². The summed E-state index contributed by atoms with van der Waals surface area (Å²) in [5, 5.41) is 4.04. The zero-order chi connectivity index (χ0) is 24.3. The van der Waals surface area contributed by atoms with Gasteiger partial charge in [-0.3, -0.25) is 4.79 Å².